The van der Waals surface area contributed by atoms with Crippen molar-refractivity contribution >= 4 is 28.5 Å². The number of hydrogen-bond acceptors (Lipinski definition) is 3. The molecule has 0 spiro atoms. The maximum Gasteiger partial charge on any atom is 0.251 e. The Hall–Kier alpha value is -3.93. The van der Waals surface area contributed by atoms with Gasteiger partial charge in [0.05, 0.1) is 11.0 Å². The minimum Gasteiger partial charge on any atom is -0.352 e. The third kappa shape index (κ3) is 5.52. The number of nitrogens with one attached hydrogen (secondary N) is 2. The zero-order valence-electron chi connectivity index (χ0n) is 19.9. The summed E-state index contributed by atoms with van der Waals surface area (Å²) in [5.41, 5.74) is 6.52. The van der Waals surface area contributed by atoms with Crippen LogP contribution in [0.2, 0.25) is 0 Å². The monoisotopic (exact) mass is 454 g/mol. The van der Waals surface area contributed by atoms with Crippen molar-refractivity contribution in [3.8, 4) is 0 Å². The molecule has 34 heavy (non-hydrogen) atoms. The van der Waals surface area contributed by atoms with Crippen LogP contribution in [0.5, 0.6) is 0 Å². The van der Waals surface area contributed by atoms with E-state index in [0.29, 0.717) is 18.5 Å². The van der Waals surface area contributed by atoms with E-state index in [0.717, 1.165) is 45.7 Å². The Morgan fingerprint density at radius 2 is 1.71 bits per heavy atom. The van der Waals surface area contributed by atoms with Gasteiger partial charge in [0.15, 0.2) is 0 Å². The molecule has 0 unspecified atom stereocenters. The minimum absolute atomic E-state index is 0.0787. The standard InChI is InChI=1S/C28H30N4O2/c1-19-8-6-9-22(17-19)28(34)29-15-7-12-26-30-24-10-4-5-11-25(24)32(26)18-27(33)31-23-14-13-20(2)16-21(23)3/h4-6,8-11,13-14,16-17H,7,12,15,18H2,1-3H3,(H,29,34)(H,31,33). The lowest BCUT2D eigenvalue weighted by Gasteiger charge is -2.12. The van der Waals surface area contributed by atoms with Crippen LogP contribution in [0.25, 0.3) is 11.0 Å². The Kier molecular flexibility index (Phi) is 7.07. The number of benzene rings is 3. The van der Waals surface area contributed by atoms with Gasteiger partial charge < -0.3 is 15.2 Å². The lowest BCUT2D eigenvalue weighted by atomic mass is 10.1. The molecule has 1 aromatic heterocycles. The maximum atomic E-state index is 12.9. The van der Waals surface area contributed by atoms with Gasteiger partial charge in [-0.1, -0.05) is 47.5 Å². The van der Waals surface area contributed by atoms with Gasteiger partial charge in [-0.05, 0) is 63.1 Å². The SMILES string of the molecule is Cc1cccc(C(=O)NCCCc2nc3ccccc3n2CC(=O)Nc2ccc(C)cc2C)c1. The van der Waals surface area contributed by atoms with Crippen LogP contribution in [0.3, 0.4) is 0 Å². The predicted octanol–water partition coefficient (Wildman–Crippen LogP) is 4.96. The number of aryl methyl sites for hydroxylation is 4. The lowest BCUT2D eigenvalue weighted by Crippen LogP contribution is -2.25. The lowest BCUT2D eigenvalue weighted by molar-refractivity contribution is -0.116. The number of anilines is 1. The number of para-hydroxylation sites is 2. The van der Waals surface area contributed by atoms with Crippen LogP contribution in [0.1, 0.15) is 39.3 Å². The van der Waals surface area contributed by atoms with Crippen LogP contribution in [0.4, 0.5) is 5.69 Å². The fraction of sp³-hybridized carbons (Fsp3) is 0.250. The van der Waals surface area contributed by atoms with Gasteiger partial charge in [-0.2, -0.15) is 0 Å². The average Bonchev–Trinajstić information content (AvgIpc) is 3.15. The van der Waals surface area contributed by atoms with Gasteiger partial charge >= 0.3 is 0 Å². The number of nitrogens with zero attached hydrogens (tertiary/aromatic N) is 2. The van der Waals surface area contributed by atoms with Crippen molar-refractivity contribution in [2.75, 3.05) is 11.9 Å². The average molecular weight is 455 g/mol. The van der Waals surface area contributed by atoms with Crippen molar-refractivity contribution in [2.45, 2.75) is 40.2 Å². The molecule has 3 aromatic carbocycles. The largest absolute Gasteiger partial charge is 0.352 e. The molecule has 0 saturated heterocycles. The quantitative estimate of drug-likeness (QED) is 0.369. The molecule has 0 fully saturated rings. The first-order chi connectivity index (χ1) is 16.4. The van der Waals surface area contributed by atoms with E-state index in [1.807, 2.05) is 86.0 Å². The Morgan fingerprint density at radius 3 is 2.50 bits per heavy atom. The van der Waals surface area contributed by atoms with Crippen molar-refractivity contribution < 1.29 is 9.59 Å². The van der Waals surface area contributed by atoms with E-state index in [4.69, 9.17) is 4.98 Å². The maximum absolute atomic E-state index is 12.9. The van der Waals surface area contributed by atoms with Crippen molar-refractivity contribution in [1.29, 1.82) is 0 Å². The van der Waals surface area contributed by atoms with E-state index in [1.54, 1.807) is 0 Å². The highest BCUT2D eigenvalue weighted by atomic mass is 16.2. The molecule has 0 radical (unpaired) electrons. The first-order valence-corrected chi connectivity index (χ1v) is 11.6. The highest BCUT2D eigenvalue weighted by Gasteiger charge is 2.14. The second-order valence-electron chi connectivity index (χ2n) is 8.70. The summed E-state index contributed by atoms with van der Waals surface area (Å²) in [5.74, 6) is 0.663. The molecular weight excluding hydrogens is 424 g/mol. The van der Waals surface area contributed by atoms with Gasteiger partial charge in [0.2, 0.25) is 5.91 Å². The van der Waals surface area contributed by atoms with Crippen molar-refractivity contribution in [2.24, 2.45) is 0 Å². The molecule has 1 heterocycles. The van der Waals surface area contributed by atoms with Crippen molar-refractivity contribution in [1.82, 2.24) is 14.9 Å². The molecule has 4 rings (SSSR count). The first-order valence-electron chi connectivity index (χ1n) is 11.6. The molecule has 174 valence electrons. The van der Waals surface area contributed by atoms with Crippen molar-refractivity contribution in [3.63, 3.8) is 0 Å². The van der Waals surface area contributed by atoms with E-state index in [-0.39, 0.29) is 18.4 Å². The summed E-state index contributed by atoms with van der Waals surface area (Å²) >= 11 is 0. The summed E-state index contributed by atoms with van der Waals surface area (Å²) in [6.07, 6.45) is 1.37. The molecule has 0 aliphatic rings. The fourth-order valence-electron chi connectivity index (χ4n) is 4.12. The summed E-state index contributed by atoms with van der Waals surface area (Å²) < 4.78 is 1.97. The second kappa shape index (κ2) is 10.3. The molecule has 0 aliphatic carbocycles. The zero-order chi connectivity index (χ0) is 24.1. The summed E-state index contributed by atoms with van der Waals surface area (Å²) in [5, 5.41) is 6.01. The summed E-state index contributed by atoms with van der Waals surface area (Å²) in [7, 11) is 0. The van der Waals surface area contributed by atoms with Gasteiger partial charge in [0.25, 0.3) is 5.91 Å². The molecule has 0 aliphatic heterocycles. The second-order valence-corrected chi connectivity index (χ2v) is 8.70. The van der Waals surface area contributed by atoms with Crippen molar-refractivity contribution in [3.05, 3.63) is 94.8 Å². The summed E-state index contributed by atoms with van der Waals surface area (Å²) in [6.45, 7) is 6.71. The van der Waals surface area contributed by atoms with Gasteiger partial charge in [-0.25, -0.2) is 4.98 Å². The van der Waals surface area contributed by atoms with Crippen LogP contribution < -0.4 is 10.6 Å². The normalized spacial score (nSPS) is 10.9. The van der Waals surface area contributed by atoms with E-state index in [2.05, 4.69) is 16.7 Å². The molecule has 0 atom stereocenters. The number of carbonyl (C=O) groups is 2. The third-order valence-electron chi connectivity index (χ3n) is 5.83. The predicted molar refractivity (Wildman–Crippen MR) is 136 cm³/mol. The van der Waals surface area contributed by atoms with E-state index in [1.165, 1.54) is 0 Å². The Labute approximate surface area is 200 Å². The molecule has 0 saturated carbocycles. The molecule has 0 bridgehead atoms. The fourth-order valence-corrected chi connectivity index (χ4v) is 4.12. The molecule has 4 aromatic rings. The number of hydrogen-bond donors (Lipinski definition) is 2. The van der Waals surface area contributed by atoms with E-state index >= 15 is 0 Å². The Bertz CT molecular complexity index is 1340. The topological polar surface area (TPSA) is 76.0 Å². The highest BCUT2D eigenvalue weighted by molar-refractivity contribution is 5.94. The number of imidazole rings is 1. The van der Waals surface area contributed by atoms with Crippen LogP contribution >= 0.6 is 0 Å². The van der Waals surface area contributed by atoms with Crippen LogP contribution in [0, 0.1) is 20.8 Å². The van der Waals surface area contributed by atoms with Crippen LogP contribution in [-0.4, -0.2) is 27.9 Å². The van der Waals surface area contributed by atoms with Gasteiger partial charge in [0, 0.05) is 24.2 Å². The van der Waals surface area contributed by atoms with Crippen LogP contribution in [0.15, 0.2) is 66.7 Å². The molecule has 2 amide bonds. The first kappa shape index (κ1) is 23.2. The zero-order valence-corrected chi connectivity index (χ0v) is 19.9. The third-order valence-corrected chi connectivity index (χ3v) is 5.83. The molecular formula is C28H30N4O2. The molecule has 6 nitrogen and oxygen atoms in total. The van der Waals surface area contributed by atoms with Gasteiger partial charge in [0.1, 0.15) is 12.4 Å². The summed E-state index contributed by atoms with van der Waals surface area (Å²) in [6, 6.07) is 21.4. The summed E-state index contributed by atoms with van der Waals surface area (Å²) in [4.78, 5) is 30.1. The number of amides is 2. The van der Waals surface area contributed by atoms with Gasteiger partial charge in [-0.15, -0.1) is 0 Å². The Balaban J connectivity index is 1.42. The van der Waals surface area contributed by atoms with E-state index < -0.39 is 0 Å². The molecule has 2 N–H and O–H groups in total. The number of carbonyl (C=O) groups excluding carboxylic acids is 2. The molecule has 6 heteroatoms. The number of rotatable bonds is 8. The Morgan fingerprint density at radius 1 is 0.912 bits per heavy atom. The number of aromatic nitrogens is 2. The highest BCUT2D eigenvalue weighted by Crippen LogP contribution is 2.19. The number of fused-ring (bicyclic) bond motifs is 1. The van der Waals surface area contributed by atoms with Gasteiger partial charge in [-0.3, -0.25) is 9.59 Å². The van der Waals surface area contributed by atoms with Crippen LogP contribution in [-0.2, 0) is 17.8 Å². The van der Waals surface area contributed by atoms with E-state index in [9.17, 15) is 9.59 Å². The minimum atomic E-state index is -0.0934. The smallest absolute Gasteiger partial charge is 0.251 e.